The number of carbonyl (C=O) groups is 2. The molecule has 2 aromatic carbocycles. The van der Waals surface area contributed by atoms with Crippen molar-refractivity contribution in [2.75, 3.05) is 24.8 Å². The number of nitrogens with one attached hydrogen (secondary N) is 1. The van der Waals surface area contributed by atoms with E-state index >= 15 is 0 Å². The number of nitrogens with two attached hydrogens (primary N) is 1. The van der Waals surface area contributed by atoms with Gasteiger partial charge in [0, 0.05) is 5.69 Å². The number of rotatable bonds is 5. The molecule has 6 nitrogen and oxygen atoms in total. The Balaban J connectivity index is 1.92. The van der Waals surface area contributed by atoms with Crippen molar-refractivity contribution in [3.05, 3.63) is 52.8 Å². The van der Waals surface area contributed by atoms with E-state index in [1.807, 2.05) is 0 Å². The minimum atomic E-state index is -0.711. The van der Waals surface area contributed by atoms with E-state index in [0.29, 0.717) is 5.75 Å². The Hall–Kier alpha value is -2.80. The summed E-state index contributed by atoms with van der Waals surface area (Å²) in [5.74, 6) is -1.47. The van der Waals surface area contributed by atoms with Crippen molar-refractivity contribution in [2.45, 2.75) is 0 Å². The van der Waals surface area contributed by atoms with Gasteiger partial charge in [-0.15, -0.1) is 0 Å². The quantitative estimate of drug-likeness (QED) is 0.638. The number of anilines is 2. The second-order valence-corrected chi connectivity index (χ2v) is 5.12. The molecule has 0 radical (unpaired) electrons. The summed E-state index contributed by atoms with van der Waals surface area (Å²) in [5, 5.41) is 2.31. The van der Waals surface area contributed by atoms with Gasteiger partial charge in [-0.3, -0.25) is 4.79 Å². The molecule has 0 saturated carbocycles. The maximum atomic E-state index is 13.0. The Morgan fingerprint density at radius 3 is 2.62 bits per heavy atom. The molecule has 1 amide bonds. The van der Waals surface area contributed by atoms with E-state index in [9.17, 15) is 14.0 Å². The van der Waals surface area contributed by atoms with Gasteiger partial charge in [0.25, 0.3) is 5.91 Å². The fourth-order valence-electron chi connectivity index (χ4n) is 1.85. The Bertz CT molecular complexity index is 783. The Labute approximate surface area is 142 Å². The van der Waals surface area contributed by atoms with Crippen LogP contribution in [0, 0.1) is 5.82 Å². The van der Waals surface area contributed by atoms with Crippen LogP contribution < -0.4 is 15.8 Å². The van der Waals surface area contributed by atoms with Crippen molar-refractivity contribution >= 4 is 34.9 Å². The predicted molar refractivity (Wildman–Crippen MR) is 87.7 cm³/mol. The van der Waals surface area contributed by atoms with Crippen LogP contribution in [-0.4, -0.2) is 25.6 Å². The van der Waals surface area contributed by atoms with Crippen LogP contribution in [0.5, 0.6) is 5.75 Å². The second kappa shape index (κ2) is 7.65. The molecule has 0 spiro atoms. The van der Waals surface area contributed by atoms with Crippen LogP contribution in [0.25, 0.3) is 0 Å². The van der Waals surface area contributed by atoms with Gasteiger partial charge in [-0.2, -0.15) is 0 Å². The number of hydrogen-bond donors (Lipinski definition) is 2. The zero-order chi connectivity index (χ0) is 17.7. The summed E-state index contributed by atoms with van der Waals surface area (Å²) in [6, 6.07) is 8.08. The maximum Gasteiger partial charge on any atom is 0.338 e. The van der Waals surface area contributed by atoms with E-state index in [1.54, 1.807) is 0 Å². The van der Waals surface area contributed by atoms with Gasteiger partial charge < -0.3 is 20.5 Å². The number of methoxy groups -OCH3 is 1. The number of benzene rings is 2. The lowest BCUT2D eigenvalue weighted by Crippen LogP contribution is -2.21. The van der Waals surface area contributed by atoms with Crippen molar-refractivity contribution in [1.82, 2.24) is 0 Å². The Kier molecular flexibility index (Phi) is 5.59. The van der Waals surface area contributed by atoms with Gasteiger partial charge in [-0.1, -0.05) is 11.6 Å². The zero-order valence-electron chi connectivity index (χ0n) is 12.6. The first-order valence-electron chi connectivity index (χ1n) is 6.76. The largest absolute Gasteiger partial charge is 0.495 e. The summed E-state index contributed by atoms with van der Waals surface area (Å²) in [6.45, 7) is -0.514. The number of esters is 1. The fraction of sp³-hybridized carbons (Fsp3) is 0.125. The smallest absolute Gasteiger partial charge is 0.338 e. The monoisotopic (exact) mass is 352 g/mol. The van der Waals surface area contributed by atoms with E-state index in [2.05, 4.69) is 5.32 Å². The molecule has 0 aliphatic heterocycles. The molecule has 0 aliphatic rings. The molecule has 0 aliphatic carbocycles. The first-order chi connectivity index (χ1) is 11.4. The van der Waals surface area contributed by atoms with Crippen molar-refractivity contribution in [1.29, 1.82) is 0 Å². The van der Waals surface area contributed by atoms with Crippen LogP contribution in [0.4, 0.5) is 15.8 Å². The normalized spacial score (nSPS) is 10.1. The Morgan fingerprint density at radius 2 is 2.00 bits per heavy atom. The van der Waals surface area contributed by atoms with Gasteiger partial charge in [-0.05, 0) is 36.4 Å². The summed E-state index contributed by atoms with van der Waals surface area (Å²) in [7, 11) is 1.45. The molecule has 0 aromatic heterocycles. The molecule has 0 atom stereocenters. The highest BCUT2D eigenvalue weighted by Gasteiger charge is 2.13. The average Bonchev–Trinajstić information content (AvgIpc) is 2.56. The van der Waals surface area contributed by atoms with Gasteiger partial charge in [0.05, 0.1) is 23.4 Å². The standard InChI is InChI=1S/C16H14ClFN2O4/c1-23-14-5-2-9(6-13(14)19)16(22)24-8-15(21)20-10-3-4-12(18)11(17)7-10/h2-7H,8,19H2,1H3,(H,20,21). The van der Waals surface area contributed by atoms with Gasteiger partial charge in [0.1, 0.15) is 11.6 Å². The lowest BCUT2D eigenvalue weighted by molar-refractivity contribution is -0.119. The lowest BCUT2D eigenvalue weighted by Gasteiger charge is -2.09. The fourth-order valence-corrected chi connectivity index (χ4v) is 2.03. The summed E-state index contributed by atoms with van der Waals surface area (Å²) in [4.78, 5) is 23.6. The molecule has 0 bridgehead atoms. The third kappa shape index (κ3) is 4.36. The maximum absolute atomic E-state index is 13.0. The average molecular weight is 353 g/mol. The first kappa shape index (κ1) is 17.6. The molecular formula is C16H14ClFN2O4. The van der Waals surface area contributed by atoms with Crippen LogP contribution in [0.15, 0.2) is 36.4 Å². The molecule has 0 saturated heterocycles. The molecule has 126 valence electrons. The van der Waals surface area contributed by atoms with E-state index in [0.717, 1.165) is 6.07 Å². The molecule has 0 unspecified atom stereocenters. The number of hydrogen-bond acceptors (Lipinski definition) is 5. The van der Waals surface area contributed by atoms with Crippen LogP contribution in [0.3, 0.4) is 0 Å². The van der Waals surface area contributed by atoms with Gasteiger partial charge in [-0.25, -0.2) is 9.18 Å². The SMILES string of the molecule is COc1ccc(C(=O)OCC(=O)Nc2ccc(F)c(Cl)c2)cc1N. The van der Waals surface area contributed by atoms with E-state index in [1.165, 1.54) is 37.4 Å². The van der Waals surface area contributed by atoms with Gasteiger partial charge in [0.15, 0.2) is 6.61 Å². The van der Waals surface area contributed by atoms with Gasteiger partial charge >= 0.3 is 5.97 Å². The van der Waals surface area contributed by atoms with Crippen molar-refractivity contribution in [3.8, 4) is 5.75 Å². The van der Waals surface area contributed by atoms with Crippen LogP contribution in [0.1, 0.15) is 10.4 Å². The second-order valence-electron chi connectivity index (χ2n) is 4.71. The van der Waals surface area contributed by atoms with Gasteiger partial charge in [0.2, 0.25) is 0 Å². The van der Waals surface area contributed by atoms with E-state index in [4.69, 9.17) is 26.8 Å². The molecule has 3 N–H and O–H groups in total. The molecule has 2 aromatic rings. The van der Waals surface area contributed by atoms with Crippen LogP contribution >= 0.6 is 11.6 Å². The van der Waals surface area contributed by atoms with Crippen LogP contribution in [-0.2, 0) is 9.53 Å². The Morgan fingerprint density at radius 1 is 1.25 bits per heavy atom. The number of nitrogen functional groups attached to an aromatic ring is 1. The summed E-state index contributed by atoms with van der Waals surface area (Å²) in [5.41, 5.74) is 6.45. The number of amides is 1. The van der Waals surface area contributed by atoms with E-state index in [-0.39, 0.29) is 22.0 Å². The third-order valence-corrected chi connectivity index (χ3v) is 3.29. The van der Waals surface area contributed by atoms with Crippen molar-refractivity contribution in [2.24, 2.45) is 0 Å². The number of ether oxygens (including phenoxy) is 2. The van der Waals surface area contributed by atoms with Crippen molar-refractivity contribution < 1.29 is 23.5 Å². The lowest BCUT2D eigenvalue weighted by atomic mass is 10.2. The van der Waals surface area contributed by atoms with E-state index < -0.39 is 24.3 Å². The minimum Gasteiger partial charge on any atom is -0.495 e. The molecular weight excluding hydrogens is 339 g/mol. The summed E-state index contributed by atoms with van der Waals surface area (Å²) in [6.07, 6.45) is 0. The van der Waals surface area contributed by atoms with Crippen LogP contribution in [0.2, 0.25) is 5.02 Å². The number of carbonyl (C=O) groups excluding carboxylic acids is 2. The first-order valence-corrected chi connectivity index (χ1v) is 7.14. The molecule has 2 rings (SSSR count). The highest BCUT2D eigenvalue weighted by Crippen LogP contribution is 2.22. The highest BCUT2D eigenvalue weighted by atomic mass is 35.5. The molecule has 0 heterocycles. The van der Waals surface area contributed by atoms with Crippen molar-refractivity contribution in [3.63, 3.8) is 0 Å². The molecule has 8 heteroatoms. The number of halogens is 2. The molecule has 24 heavy (non-hydrogen) atoms. The minimum absolute atomic E-state index is 0.126. The zero-order valence-corrected chi connectivity index (χ0v) is 13.4. The summed E-state index contributed by atoms with van der Waals surface area (Å²) >= 11 is 5.61. The summed E-state index contributed by atoms with van der Waals surface area (Å²) < 4.78 is 22.9. The molecule has 0 fully saturated rings. The predicted octanol–water partition coefficient (Wildman–Crippen LogP) is 2.87. The highest BCUT2D eigenvalue weighted by molar-refractivity contribution is 6.31. The topological polar surface area (TPSA) is 90.6 Å². The third-order valence-electron chi connectivity index (χ3n) is 3.00.